The van der Waals surface area contributed by atoms with E-state index >= 15 is 0 Å². The first-order chi connectivity index (χ1) is 11.7. The normalized spacial score (nSPS) is 23.5. The lowest BCUT2D eigenvalue weighted by atomic mass is 9.96. The predicted molar refractivity (Wildman–Crippen MR) is 83.5 cm³/mol. The van der Waals surface area contributed by atoms with E-state index in [0.717, 1.165) is 42.8 Å². The summed E-state index contributed by atoms with van der Waals surface area (Å²) >= 11 is 0. The molecule has 1 N–H and O–H groups in total. The standard InChI is InChI=1S/C16H21N5O3/c1-9-17-15(19-18-9)12-7-10(23-2)8-21(12)16(22)14-11-5-3-4-6-13(11)24-20-14/h10,12H,3-8H2,1-2H3,(H,17,18,19)/t10-,12+/m1/s1. The molecule has 1 aliphatic heterocycles. The molecule has 2 aliphatic rings. The monoisotopic (exact) mass is 331 g/mol. The Hall–Kier alpha value is -2.22. The zero-order valence-corrected chi connectivity index (χ0v) is 13.9. The minimum absolute atomic E-state index is 0.0273. The molecule has 0 aromatic carbocycles. The van der Waals surface area contributed by atoms with E-state index in [4.69, 9.17) is 9.26 Å². The maximum atomic E-state index is 13.1. The summed E-state index contributed by atoms with van der Waals surface area (Å²) in [6.07, 6.45) is 4.52. The van der Waals surface area contributed by atoms with Crippen LogP contribution in [-0.4, -0.2) is 50.9 Å². The molecule has 1 fully saturated rings. The van der Waals surface area contributed by atoms with Crippen molar-refractivity contribution >= 4 is 5.91 Å². The summed E-state index contributed by atoms with van der Waals surface area (Å²) in [6.45, 7) is 2.36. The molecular formula is C16H21N5O3. The Balaban J connectivity index is 1.65. The Morgan fingerprint density at radius 2 is 2.21 bits per heavy atom. The molecule has 1 amide bonds. The first-order valence-corrected chi connectivity index (χ1v) is 8.37. The van der Waals surface area contributed by atoms with Crippen molar-refractivity contribution in [2.45, 2.75) is 51.2 Å². The number of amides is 1. The van der Waals surface area contributed by atoms with Gasteiger partial charge in [0.25, 0.3) is 5.91 Å². The molecular weight excluding hydrogens is 310 g/mol. The van der Waals surface area contributed by atoms with E-state index in [0.29, 0.717) is 24.5 Å². The number of aryl methyl sites for hydroxylation is 2. The lowest BCUT2D eigenvalue weighted by Gasteiger charge is -2.22. The number of carbonyl (C=O) groups excluding carboxylic acids is 1. The number of hydrogen-bond acceptors (Lipinski definition) is 6. The second-order valence-electron chi connectivity index (χ2n) is 6.49. The van der Waals surface area contributed by atoms with Crippen LogP contribution in [0.5, 0.6) is 0 Å². The Kier molecular flexibility index (Phi) is 3.84. The van der Waals surface area contributed by atoms with Crippen molar-refractivity contribution in [1.29, 1.82) is 0 Å². The van der Waals surface area contributed by atoms with Crippen molar-refractivity contribution in [1.82, 2.24) is 25.2 Å². The van der Waals surface area contributed by atoms with Crippen LogP contribution in [0.4, 0.5) is 0 Å². The number of fused-ring (bicyclic) bond motifs is 1. The molecule has 0 saturated carbocycles. The van der Waals surface area contributed by atoms with Crippen molar-refractivity contribution in [3.63, 3.8) is 0 Å². The predicted octanol–water partition coefficient (Wildman–Crippen LogP) is 1.58. The summed E-state index contributed by atoms with van der Waals surface area (Å²) < 4.78 is 10.9. The highest BCUT2D eigenvalue weighted by Gasteiger charge is 2.41. The number of ether oxygens (including phenoxy) is 1. The van der Waals surface area contributed by atoms with Crippen LogP contribution in [0.2, 0.25) is 0 Å². The molecule has 1 saturated heterocycles. The first kappa shape index (κ1) is 15.3. The Bertz CT molecular complexity index is 753. The van der Waals surface area contributed by atoms with Gasteiger partial charge in [-0.3, -0.25) is 9.89 Å². The second kappa shape index (κ2) is 6.01. The van der Waals surface area contributed by atoms with Crippen LogP contribution < -0.4 is 0 Å². The van der Waals surface area contributed by atoms with Gasteiger partial charge in [0.2, 0.25) is 0 Å². The molecule has 2 atom stereocenters. The highest BCUT2D eigenvalue weighted by atomic mass is 16.5. The molecule has 0 spiro atoms. The van der Waals surface area contributed by atoms with E-state index in [1.807, 2.05) is 6.92 Å². The van der Waals surface area contributed by atoms with Gasteiger partial charge in [0.15, 0.2) is 11.5 Å². The van der Waals surface area contributed by atoms with Crippen molar-refractivity contribution in [3.05, 3.63) is 28.7 Å². The fourth-order valence-corrected chi connectivity index (χ4v) is 3.64. The quantitative estimate of drug-likeness (QED) is 0.917. The summed E-state index contributed by atoms with van der Waals surface area (Å²) in [7, 11) is 1.66. The third kappa shape index (κ3) is 2.50. The summed E-state index contributed by atoms with van der Waals surface area (Å²) in [5.74, 6) is 2.10. The van der Waals surface area contributed by atoms with Gasteiger partial charge in [-0.05, 0) is 26.2 Å². The van der Waals surface area contributed by atoms with Gasteiger partial charge in [-0.15, -0.1) is 0 Å². The van der Waals surface area contributed by atoms with Crippen molar-refractivity contribution in [2.24, 2.45) is 0 Å². The zero-order chi connectivity index (χ0) is 16.7. The van der Waals surface area contributed by atoms with E-state index in [1.54, 1.807) is 12.0 Å². The van der Waals surface area contributed by atoms with Crippen LogP contribution >= 0.6 is 0 Å². The number of aromatic amines is 1. The van der Waals surface area contributed by atoms with Gasteiger partial charge in [0.05, 0.1) is 12.1 Å². The number of rotatable bonds is 3. The average molecular weight is 331 g/mol. The maximum absolute atomic E-state index is 13.1. The zero-order valence-electron chi connectivity index (χ0n) is 13.9. The molecule has 4 rings (SSSR count). The van der Waals surface area contributed by atoms with Gasteiger partial charge >= 0.3 is 0 Å². The molecule has 3 heterocycles. The van der Waals surface area contributed by atoms with Crippen LogP contribution in [-0.2, 0) is 17.6 Å². The number of nitrogens with one attached hydrogen (secondary N) is 1. The summed E-state index contributed by atoms with van der Waals surface area (Å²) in [6, 6.07) is -0.205. The van der Waals surface area contributed by atoms with E-state index in [-0.39, 0.29) is 18.1 Å². The Labute approximate surface area is 139 Å². The summed E-state index contributed by atoms with van der Waals surface area (Å²) in [4.78, 5) is 19.3. The van der Waals surface area contributed by atoms with Crippen LogP contribution in [0.1, 0.15) is 58.8 Å². The Morgan fingerprint density at radius 3 is 2.96 bits per heavy atom. The maximum Gasteiger partial charge on any atom is 0.277 e. The van der Waals surface area contributed by atoms with E-state index in [1.165, 1.54) is 0 Å². The molecule has 128 valence electrons. The van der Waals surface area contributed by atoms with E-state index < -0.39 is 0 Å². The number of carbonyl (C=O) groups is 1. The highest BCUT2D eigenvalue weighted by Crippen LogP contribution is 2.34. The third-order valence-electron chi connectivity index (χ3n) is 4.92. The minimum Gasteiger partial charge on any atom is -0.380 e. The number of likely N-dealkylation sites (tertiary alicyclic amines) is 1. The fourth-order valence-electron chi connectivity index (χ4n) is 3.64. The van der Waals surface area contributed by atoms with Gasteiger partial charge in [-0.25, -0.2) is 4.98 Å². The number of H-pyrrole nitrogens is 1. The number of aromatic nitrogens is 4. The highest BCUT2D eigenvalue weighted by molar-refractivity contribution is 5.94. The van der Waals surface area contributed by atoms with Crippen molar-refractivity contribution in [3.8, 4) is 0 Å². The fraction of sp³-hybridized carbons (Fsp3) is 0.625. The van der Waals surface area contributed by atoms with Gasteiger partial charge < -0.3 is 14.2 Å². The molecule has 8 heteroatoms. The van der Waals surface area contributed by atoms with Crippen molar-refractivity contribution in [2.75, 3.05) is 13.7 Å². The first-order valence-electron chi connectivity index (χ1n) is 8.37. The van der Waals surface area contributed by atoms with Crippen LogP contribution in [0, 0.1) is 6.92 Å². The molecule has 2 aromatic rings. The minimum atomic E-state index is -0.205. The largest absolute Gasteiger partial charge is 0.380 e. The molecule has 0 unspecified atom stereocenters. The van der Waals surface area contributed by atoms with Gasteiger partial charge in [0, 0.05) is 32.1 Å². The van der Waals surface area contributed by atoms with Crippen LogP contribution in [0.25, 0.3) is 0 Å². The van der Waals surface area contributed by atoms with E-state index in [2.05, 4.69) is 20.3 Å². The molecule has 24 heavy (non-hydrogen) atoms. The van der Waals surface area contributed by atoms with Gasteiger partial charge in [-0.2, -0.15) is 5.10 Å². The third-order valence-corrected chi connectivity index (χ3v) is 4.92. The summed E-state index contributed by atoms with van der Waals surface area (Å²) in [5.41, 5.74) is 1.41. The Morgan fingerprint density at radius 1 is 1.38 bits per heavy atom. The van der Waals surface area contributed by atoms with Gasteiger partial charge in [-0.1, -0.05) is 5.16 Å². The van der Waals surface area contributed by atoms with Crippen LogP contribution in [0.15, 0.2) is 4.52 Å². The smallest absolute Gasteiger partial charge is 0.277 e. The summed E-state index contributed by atoms with van der Waals surface area (Å²) in [5, 5.41) is 11.2. The number of nitrogens with zero attached hydrogens (tertiary/aromatic N) is 4. The number of hydrogen-bond donors (Lipinski definition) is 1. The second-order valence-corrected chi connectivity index (χ2v) is 6.49. The molecule has 8 nitrogen and oxygen atoms in total. The molecule has 1 aliphatic carbocycles. The molecule has 2 aromatic heterocycles. The SMILES string of the molecule is CO[C@@H]1C[C@@H](c2n[nH]c(C)n2)N(C(=O)c2noc3c2CCCC3)C1. The van der Waals surface area contributed by atoms with Gasteiger partial charge in [0.1, 0.15) is 11.6 Å². The average Bonchev–Trinajstić information content (AvgIpc) is 3.31. The topological polar surface area (TPSA) is 97.1 Å². The number of methoxy groups -OCH3 is 1. The lowest BCUT2D eigenvalue weighted by Crippen LogP contribution is -2.33. The molecule has 0 radical (unpaired) electrons. The van der Waals surface area contributed by atoms with Crippen molar-refractivity contribution < 1.29 is 14.1 Å². The molecule has 0 bridgehead atoms. The van der Waals surface area contributed by atoms with Crippen LogP contribution in [0.3, 0.4) is 0 Å². The van der Waals surface area contributed by atoms with E-state index in [9.17, 15) is 4.79 Å². The lowest BCUT2D eigenvalue weighted by molar-refractivity contribution is 0.0673.